The first-order valence-corrected chi connectivity index (χ1v) is 38.0. The van der Waals surface area contributed by atoms with Crippen molar-refractivity contribution in [3.63, 3.8) is 0 Å². The van der Waals surface area contributed by atoms with Crippen LogP contribution in [0.4, 0.5) is 0 Å². The number of hydrogen-bond acceptors (Lipinski definition) is 6. The fourth-order valence-corrected chi connectivity index (χ4v) is 11.6. The van der Waals surface area contributed by atoms with Crippen LogP contribution in [-0.2, 0) is 27.9 Å². The maximum absolute atomic E-state index is 13.6. The molecule has 2 N–H and O–H groups in total. The summed E-state index contributed by atoms with van der Waals surface area (Å²) in [7, 11) is 1.50. The molecule has 0 aliphatic rings. The van der Waals surface area contributed by atoms with Crippen LogP contribution in [0.15, 0.2) is 48.6 Å². The molecule has 494 valence electrons. The van der Waals surface area contributed by atoms with E-state index in [-0.39, 0.29) is 25.1 Å². The second kappa shape index (κ2) is 64.0. The van der Waals surface area contributed by atoms with E-state index in [4.69, 9.17) is 13.8 Å². The Balaban J connectivity index is 4.99. The number of quaternary nitrogens is 1. The third-order valence-corrected chi connectivity index (χ3v) is 17.5. The van der Waals surface area contributed by atoms with Crippen LogP contribution in [0.5, 0.6) is 0 Å². The van der Waals surface area contributed by atoms with Gasteiger partial charge < -0.3 is 19.4 Å². The summed E-state index contributed by atoms with van der Waals surface area (Å²) in [5.74, 6) is -0.503. The van der Waals surface area contributed by atoms with Gasteiger partial charge in [-0.15, -0.1) is 0 Å². The molecule has 0 aliphatic heterocycles. The summed E-state index contributed by atoms with van der Waals surface area (Å²) >= 11 is 0. The molecule has 84 heavy (non-hydrogen) atoms. The third kappa shape index (κ3) is 64.4. The van der Waals surface area contributed by atoms with Crippen LogP contribution in [0, 0.1) is 0 Å². The van der Waals surface area contributed by atoms with Crippen LogP contribution in [0.1, 0.15) is 361 Å². The van der Waals surface area contributed by atoms with Gasteiger partial charge in [-0.2, -0.15) is 0 Å². The minimum Gasteiger partial charge on any atom is -0.456 e. The molecule has 0 spiro atoms. The van der Waals surface area contributed by atoms with E-state index < -0.39 is 20.0 Å². The first-order chi connectivity index (χ1) is 40.9. The lowest BCUT2D eigenvalue weighted by Gasteiger charge is -2.27. The largest absolute Gasteiger partial charge is 0.472 e. The van der Waals surface area contributed by atoms with Crippen molar-refractivity contribution in [1.29, 1.82) is 0 Å². The van der Waals surface area contributed by atoms with Gasteiger partial charge in [0.05, 0.1) is 33.8 Å². The minimum atomic E-state index is -4.46. The number of phosphoric ester groups is 1. The number of nitrogens with zero attached hydrogens (tertiary/aromatic N) is 1. The number of likely N-dealkylation sites (N-methyl/N-ethyl adjacent to an activating group) is 1. The maximum Gasteiger partial charge on any atom is 0.472 e. The molecule has 3 unspecified atom stereocenters. The van der Waals surface area contributed by atoms with Crippen LogP contribution < -0.4 is 5.32 Å². The van der Waals surface area contributed by atoms with Gasteiger partial charge in [-0.25, -0.2) is 4.57 Å². The average molecular weight is 1200 g/mol. The third-order valence-electron chi connectivity index (χ3n) is 16.5. The van der Waals surface area contributed by atoms with Crippen LogP contribution >= 0.6 is 7.82 Å². The summed E-state index contributed by atoms with van der Waals surface area (Å²) in [5.41, 5.74) is 0. The summed E-state index contributed by atoms with van der Waals surface area (Å²) < 4.78 is 30.8. The normalized spacial score (nSPS) is 13.8. The lowest BCUT2D eigenvalue weighted by molar-refractivity contribution is -0.870. The molecule has 0 saturated carbocycles. The number of amides is 1. The van der Waals surface area contributed by atoms with Gasteiger partial charge >= 0.3 is 13.8 Å². The maximum atomic E-state index is 13.6. The monoisotopic (exact) mass is 1200 g/mol. The van der Waals surface area contributed by atoms with Crippen molar-refractivity contribution in [2.45, 2.75) is 373 Å². The smallest absolute Gasteiger partial charge is 0.456 e. The lowest BCUT2D eigenvalue weighted by atomic mass is 10.0. The molecule has 3 atom stereocenters. The molecule has 9 nitrogen and oxygen atoms in total. The Hall–Kier alpha value is -2.03. The molecule has 0 fully saturated rings. The van der Waals surface area contributed by atoms with Gasteiger partial charge in [0.2, 0.25) is 5.91 Å². The Kier molecular flexibility index (Phi) is 62.4. The highest BCUT2D eigenvalue weighted by Crippen LogP contribution is 2.43. The van der Waals surface area contributed by atoms with Crippen molar-refractivity contribution >= 4 is 19.7 Å². The van der Waals surface area contributed by atoms with Crippen LogP contribution in [0.3, 0.4) is 0 Å². The summed E-state index contributed by atoms with van der Waals surface area (Å²) in [6.45, 7) is 7.03. The Bertz CT molecular complexity index is 1570. The second-order valence-electron chi connectivity index (χ2n) is 26.1. The molecule has 0 aliphatic carbocycles. The number of carbonyl (C=O) groups excluding carboxylic acids is 2. The summed E-state index contributed by atoms with van der Waals surface area (Å²) in [4.78, 5) is 37.9. The number of esters is 1. The molecule has 0 bridgehead atoms. The second-order valence-corrected chi connectivity index (χ2v) is 27.6. The van der Waals surface area contributed by atoms with E-state index in [2.05, 4.69) is 62.5 Å². The van der Waals surface area contributed by atoms with Crippen LogP contribution in [-0.4, -0.2) is 74.3 Å². The molecule has 0 rings (SSSR count). The van der Waals surface area contributed by atoms with E-state index in [1.54, 1.807) is 0 Å². The standard InChI is InChI=1S/C74H141N2O7P/c1-7-10-13-16-19-22-25-28-30-32-34-35-36-37-38-39-40-41-43-45-47-49-52-55-58-61-64-67-74(78)83-72(65-62-59-56-53-50-27-24-21-18-15-12-9-3)71(70-82-84(79,80)81-69-68-76(4,5)6)75-73(77)66-63-60-57-54-51-48-46-44-42-33-31-29-26-23-20-17-14-11-8-2/h20,23,29,31,42,44,62,65,71-72H,7-19,21-22,24-28,30,32-41,43,45-61,63-64,66-70H2,1-6H3,(H-,75,77,79,80)/p+1/b23-20-,31-29-,44-42-,65-62-. The highest BCUT2D eigenvalue weighted by atomic mass is 31.2. The first kappa shape index (κ1) is 82.0. The molecule has 10 heteroatoms. The highest BCUT2D eigenvalue weighted by molar-refractivity contribution is 7.47. The Labute approximate surface area is 522 Å². The number of carbonyl (C=O) groups is 2. The molecule has 0 heterocycles. The fraction of sp³-hybridized carbons (Fsp3) is 0.865. The van der Waals surface area contributed by atoms with Gasteiger partial charge in [0, 0.05) is 12.8 Å². The average Bonchev–Trinajstić information content (AvgIpc) is 3.64. The number of allylic oxidation sites excluding steroid dienone is 7. The van der Waals surface area contributed by atoms with E-state index in [1.807, 2.05) is 33.3 Å². The number of ether oxygens (including phenoxy) is 1. The van der Waals surface area contributed by atoms with Gasteiger partial charge in [-0.3, -0.25) is 18.6 Å². The highest BCUT2D eigenvalue weighted by Gasteiger charge is 2.30. The molecule has 0 radical (unpaired) electrons. The zero-order valence-corrected chi connectivity index (χ0v) is 57.6. The van der Waals surface area contributed by atoms with Crippen LogP contribution in [0.25, 0.3) is 0 Å². The van der Waals surface area contributed by atoms with E-state index in [0.29, 0.717) is 23.9 Å². The fourth-order valence-electron chi connectivity index (χ4n) is 10.9. The Morgan fingerprint density at radius 3 is 1.11 bits per heavy atom. The van der Waals surface area contributed by atoms with Gasteiger partial charge in [-0.05, 0) is 70.3 Å². The van der Waals surface area contributed by atoms with Gasteiger partial charge in [0.15, 0.2) is 0 Å². The van der Waals surface area contributed by atoms with Crippen molar-refractivity contribution in [3.8, 4) is 0 Å². The summed E-state index contributed by atoms with van der Waals surface area (Å²) in [5, 5.41) is 3.07. The quantitative estimate of drug-likeness (QED) is 0.0205. The van der Waals surface area contributed by atoms with Crippen molar-refractivity contribution in [2.24, 2.45) is 0 Å². The summed E-state index contributed by atoms with van der Waals surface area (Å²) in [6.07, 6.45) is 81.3. The van der Waals surface area contributed by atoms with E-state index in [0.717, 1.165) is 83.5 Å². The zero-order chi connectivity index (χ0) is 61.4. The van der Waals surface area contributed by atoms with Crippen molar-refractivity contribution in [1.82, 2.24) is 5.32 Å². The molecule has 0 saturated heterocycles. The van der Waals surface area contributed by atoms with Gasteiger partial charge in [0.25, 0.3) is 0 Å². The topological polar surface area (TPSA) is 111 Å². The zero-order valence-electron chi connectivity index (χ0n) is 56.7. The number of rotatable bonds is 67. The molecule has 0 aromatic carbocycles. The molecule has 0 aromatic rings. The Morgan fingerprint density at radius 2 is 0.726 bits per heavy atom. The van der Waals surface area contributed by atoms with Gasteiger partial charge in [-0.1, -0.05) is 327 Å². The number of unbranched alkanes of at least 4 members (excludes halogenated alkanes) is 45. The van der Waals surface area contributed by atoms with E-state index in [9.17, 15) is 19.0 Å². The van der Waals surface area contributed by atoms with Gasteiger partial charge in [0.1, 0.15) is 19.3 Å². The SMILES string of the molecule is CCCCC/C=C\C/C=C\C/C=C\CCCCCCCCC(=O)NC(COP(=O)(O)OCC[N+](C)(C)C)C(/C=C\CCCCCCCCCCCC)OC(=O)CCCCCCCCCCCCCCCCCCCCCCCCCCCCC. The molecular weight excluding hydrogens is 1060 g/mol. The van der Waals surface area contributed by atoms with Crippen LogP contribution in [0.2, 0.25) is 0 Å². The molecule has 1 amide bonds. The molecule has 0 aromatic heterocycles. The summed E-state index contributed by atoms with van der Waals surface area (Å²) in [6, 6.07) is -0.854. The minimum absolute atomic E-state index is 0.0387. The predicted molar refractivity (Wildman–Crippen MR) is 365 cm³/mol. The van der Waals surface area contributed by atoms with Crippen molar-refractivity contribution in [3.05, 3.63) is 48.6 Å². The van der Waals surface area contributed by atoms with Crippen molar-refractivity contribution < 1.29 is 37.3 Å². The Morgan fingerprint density at radius 1 is 0.417 bits per heavy atom. The van der Waals surface area contributed by atoms with E-state index in [1.165, 1.54) is 244 Å². The number of phosphoric acid groups is 1. The first-order valence-electron chi connectivity index (χ1n) is 36.5. The molecular formula is C74H142N2O7P+. The van der Waals surface area contributed by atoms with E-state index >= 15 is 0 Å². The lowest BCUT2D eigenvalue weighted by Crippen LogP contribution is -2.47. The predicted octanol–water partition coefficient (Wildman–Crippen LogP) is 23.2. The number of nitrogens with one attached hydrogen (secondary N) is 1. The number of hydrogen-bond donors (Lipinski definition) is 2. The van der Waals surface area contributed by atoms with Crippen molar-refractivity contribution in [2.75, 3.05) is 40.9 Å².